The molecular weight excluding hydrogens is 306 g/mol. The SMILES string of the molecule is O=C(Nc1ccn(CCc2ccncc2)n1)N[C@@H]1C=C[C@H](CO)C1. The summed E-state index contributed by atoms with van der Waals surface area (Å²) in [4.78, 5) is 16.0. The zero-order valence-electron chi connectivity index (χ0n) is 13.3. The van der Waals surface area contributed by atoms with Crippen molar-refractivity contribution < 1.29 is 9.90 Å². The summed E-state index contributed by atoms with van der Waals surface area (Å²) in [6.07, 6.45) is 10.8. The number of amides is 2. The van der Waals surface area contributed by atoms with E-state index in [4.69, 9.17) is 5.11 Å². The molecule has 7 nitrogen and oxygen atoms in total. The van der Waals surface area contributed by atoms with E-state index in [1.54, 1.807) is 23.1 Å². The zero-order chi connectivity index (χ0) is 16.8. The molecule has 24 heavy (non-hydrogen) atoms. The molecule has 0 bridgehead atoms. The first kappa shape index (κ1) is 16.2. The van der Waals surface area contributed by atoms with E-state index in [0.717, 1.165) is 19.4 Å². The molecule has 0 saturated heterocycles. The number of aliphatic hydroxyl groups excluding tert-OH is 1. The van der Waals surface area contributed by atoms with Crippen LogP contribution in [0.4, 0.5) is 10.6 Å². The van der Waals surface area contributed by atoms with Crippen LogP contribution in [0.2, 0.25) is 0 Å². The van der Waals surface area contributed by atoms with E-state index in [2.05, 4.69) is 20.7 Å². The first-order chi connectivity index (χ1) is 11.7. The van der Waals surface area contributed by atoms with Crippen LogP contribution in [-0.2, 0) is 13.0 Å². The van der Waals surface area contributed by atoms with Gasteiger partial charge in [-0.2, -0.15) is 5.10 Å². The number of hydrogen-bond donors (Lipinski definition) is 3. The molecule has 2 aromatic rings. The Morgan fingerprint density at radius 2 is 2.12 bits per heavy atom. The minimum absolute atomic E-state index is 0.0454. The number of aryl methyl sites for hydroxylation is 2. The van der Waals surface area contributed by atoms with Gasteiger partial charge in [-0.15, -0.1) is 0 Å². The van der Waals surface area contributed by atoms with E-state index < -0.39 is 0 Å². The lowest BCUT2D eigenvalue weighted by Gasteiger charge is -2.12. The van der Waals surface area contributed by atoms with Crippen molar-refractivity contribution in [2.75, 3.05) is 11.9 Å². The highest BCUT2D eigenvalue weighted by Gasteiger charge is 2.19. The Hall–Kier alpha value is -2.67. The van der Waals surface area contributed by atoms with Crippen LogP contribution in [0.3, 0.4) is 0 Å². The molecular formula is C17H21N5O2. The summed E-state index contributed by atoms with van der Waals surface area (Å²) in [7, 11) is 0. The Kier molecular flexibility index (Phi) is 5.22. The van der Waals surface area contributed by atoms with Gasteiger partial charge in [0.1, 0.15) is 0 Å². The molecule has 1 aliphatic rings. The molecule has 2 atom stereocenters. The molecule has 0 aliphatic heterocycles. The van der Waals surface area contributed by atoms with Crippen LogP contribution in [0.15, 0.2) is 48.9 Å². The van der Waals surface area contributed by atoms with Crippen LogP contribution in [0.25, 0.3) is 0 Å². The molecule has 1 aliphatic carbocycles. The Bertz CT molecular complexity index is 698. The highest BCUT2D eigenvalue weighted by Crippen LogP contribution is 2.17. The maximum Gasteiger partial charge on any atom is 0.320 e. The number of nitrogens with one attached hydrogen (secondary N) is 2. The second kappa shape index (κ2) is 7.74. The van der Waals surface area contributed by atoms with Crippen molar-refractivity contribution in [1.29, 1.82) is 0 Å². The second-order valence-corrected chi connectivity index (χ2v) is 5.84. The summed E-state index contributed by atoms with van der Waals surface area (Å²) in [5.41, 5.74) is 1.19. The Morgan fingerprint density at radius 3 is 2.88 bits per heavy atom. The summed E-state index contributed by atoms with van der Waals surface area (Å²) >= 11 is 0. The van der Waals surface area contributed by atoms with Crippen molar-refractivity contribution in [1.82, 2.24) is 20.1 Å². The van der Waals surface area contributed by atoms with E-state index in [-0.39, 0.29) is 24.6 Å². The quantitative estimate of drug-likeness (QED) is 0.702. The molecule has 2 heterocycles. The van der Waals surface area contributed by atoms with Crippen LogP contribution in [0, 0.1) is 5.92 Å². The average Bonchev–Trinajstić information content (AvgIpc) is 3.23. The number of carbonyl (C=O) groups excluding carboxylic acids is 1. The van der Waals surface area contributed by atoms with Gasteiger partial charge in [0.25, 0.3) is 0 Å². The minimum atomic E-state index is -0.289. The molecule has 7 heteroatoms. The summed E-state index contributed by atoms with van der Waals surface area (Å²) in [5, 5.41) is 19.0. The maximum absolute atomic E-state index is 12.0. The predicted molar refractivity (Wildman–Crippen MR) is 90.4 cm³/mol. The lowest BCUT2D eigenvalue weighted by Crippen LogP contribution is -2.36. The number of anilines is 1. The average molecular weight is 327 g/mol. The van der Waals surface area contributed by atoms with E-state index >= 15 is 0 Å². The van der Waals surface area contributed by atoms with E-state index in [1.165, 1.54) is 5.56 Å². The zero-order valence-corrected chi connectivity index (χ0v) is 13.3. The lowest BCUT2D eigenvalue weighted by atomic mass is 10.1. The number of pyridine rings is 1. The predicted octanol–water partition coefficient (Wildman–Crippen LogP) is 1.58. The Balaban J connectivity index is 1.45. The number of rotatable bonds is 6. The van der Waals surface area contributed by atoms with Crippen LogP contribution < -0.4 is 10.6 Å². The van der Waals surface area contributed by atoms with Crippen molar-refractivity contribution in [2.45, 2.75) is 25.4 Å². The lowest BCUT2D eigenvalue weighted by molar-refractivity contribution is 0.238. The van der Waals surface area contributed by atoms with Gasteiger partial charge >= 0.3 is 6.03 Å². The number of nitrogens with zero attached hydrogens (tertiary/aromatic N) is 3. The van der Waals surface area contributed by atoms with Gasteiger partial charge in [0.15, 0.2) is 5.82 Å². The molecule has 0 radical (unpaired) electrons. The van der Waals surface area contributed by atoms with Crippen molar-refractivity contribution >= 4 is 11.8 Å². The van der Waals surface area contributed by atoms with Crippen molar-refractivity contribution in [3.05, 3.63) is 54.5 Å². The molecule has 0 fully saturated rings. The van der Waals surface area contributed by atoms with Gasteiger partial charge in [-0.05, 0) is 30.5 Å². The molecule has 2 aromatic heterocycles. The normalized spacial score (nSPS) is 19.4. The molecule has 3 rings (SSSR count). The van der Waals surface area contributed by atoms with Crippen LogP contribution >= 0.6 is 0 Å². The summed E-state index contributed by atoms with van der Waals surface area (Å²) in [5.74, 6) is 0.644. The van der Waals surface area contributed by atoms with E-state index in [0.29, 0.717) is 5.82 Å². The number of carbonyl (C=O) groups is 1. The third-order valence-electron chi connectivity index (χ3n) is 3.98. The van der Waals surface area contributed by atoms with E-state index in [1.807, 2.05) is 30.5 Å². The minimum Gasteiger partial charge on any atom is -0.396 e. The molecule has 3 N–H and O–H groups in total. The molecule has 0 aromatic carbocycles. The highest BCUT2D eigenvalue weighted by molar-refractivity contribution is 5.88. The number of urea groups is 1. The first-order valence-corrected chi connectivity index (χ1v) is 8.02. The van der Waals surface area contributed by atoms with Gasteiger partial charge in [0.05, 0.1) is 0 Å². The van der Waals surface area contributed by atoms with Crippen molar-refractivity contribution in [3.63, 3.8) is 0 Å². The van der Waals surface area contributed by atoms with Crippen LogP contribution in [0.5, 0.6) is 0 Å². The van der Waals surface area contributed by atoms with Crippen LogP contribution in [-0.4, -0.2) is 38.6 Å². The van der Waals surface area contributed by atoms with Crippen molar-refractivity contribution in [3.8, 4) is 0 Å². The summed E-state index contributed by atoms with van der Waals surface area (Å²) in [6, 6.07) is 5.39. The fourth-order valence-corrected chi connectivity index (χ4v) is 2.68. The smallest absolute Gasteiger partial charge is 0.320 e. The first-order valence-electron chi connectivity index (χ1n) is 8.02. The summed E-state index contributed by atoms with van der Waals surface area (Å²) in [6.45, 7) is 0.842. The van der Waals surface area contributed by atoms with Gasteiger partial charge in [-0.3, -0.25) is 15.0 Å². The van der Waals surface area contributed by atoms with E-state index in [9.17, 15) is 4.79 Å². The van der Waals surface area contributed by atoms with Gasteiger partial charge < -0.3 is 10.4 Å². The molecule has 126 valence electrons. The number of aliphatic hydroxyl groups is 1. The fourth-order valence-electron chi connectivity index (χ4n) is 2.68. The molecule has 0 unspecified atom stereocenters. The number of hydrogen-bond acceptors (Lipinski definition) is 4. The highest BCUT2D eigenvalue weighted by atomic mass is 16.3. The van der Waals surface area contributed by atoms with Gasteiger partial charge in [-0.25, -0.2) is 4.79 Å². The molecule has 0 saturated carbocycles. The monoisotopic (exact) mass is 327 g/mol. The molecule has 2 amide bonds. The number of aromatic nitrogens is 3. The van der Waals surface area contributed by atoms with Crippen LogP contribution in [0.1, 0.15) is 12.0 Å². The van der Waals surface area contributed by atoms with Crippen molar-refractivity contribution in [2.24, 2.45) is 5.92 Å². The van der Waals surface area contributed by atoms with Gasteiger partial charge in [0.2, 0.25) is 0 Å². The Morgan fingerprint density at radius 1 is 1.29 bits per heavy atom. The third-order valence-corrected chi connectivity index (χ3v) is 3.98. The van der Waals surface area contributed by atoms with Gasteiger partial charge in [0, 0.05) is 49.8 Å². The Labute approximate surface area is 140 Å². The topological polar surface area (TPSA) is 92.1 Å². The third kappa shape index (κ3) is 4.42. The van der Waals surface area contributed by atoms with Gasteiger partial charge in [-0.1, -0.05) is 12.2 Å². The fraction of sp³-hybridized carbons (Fsp3) is 0.353. The maximum atomic E-state index is 12.0. The standard InChI is InChI=1S/C17H21N5O2/c23-12-14-1-2-15(11-14)19-17(24)20-16-6-10-22(21-16)9-5-13-3-7-18-8-4-13/h1-4,6-8,10,14-15,23H,5,9,11-12H2,(H2,19,20,21,24)/t14-,15+/m0/s1. The second-order valence-electron chi connectivity index (χ2n) is 5.84. The summed E-state index contributed by atoms with van der Waals surface area (Å²) < 4.78 is 1.80. The molecule has 0 spiro atoms. The largest absolute Gasteiger partial charge is 0.396 e.